The number of hydrogen-bond acceptors (Lipinski definition) is 4. The van der Waals surface area contributed by atoms with Gasteiger partial charge in [-0.15, -0.1) is 0 Å². The van der Waals surface area contributed by atoms with Gasteiger partial charge in [0.1, 0.15) is 0 Å². The minimum absolute atomic E-state index is 0.0108. The fourth-order valence-corrected chi connectivity index (χ4v) is 5.17. The molecule has 5 nitrogen and oxygen atoms in total. The third-order valence-electron chi connectivity index (χ3n) is 3.72. The first-order valence-electron chi connectivity index (χ1n) is 5.94. The SMILES string of the molecule is O=S1(=O)C[C@@H]2NC(=S)N(C[C@@H]3CCCO3)[C@H]2C1. The summed E-state index contributed by atoms with van der Waals surface area (Å²) in [7, 11) is -2.90. The van der Waals surface area contributed by atoms with Gasteiger partial charge in [-0.1, -0.05) is 0 Å². The maximum atomic E-state index is 11.6. The van der Waals surface area contributed by atoms with Crippen LogP contribution in [0.15, 0.2) is 0 Å². The third kappa shape index (κ3) is 2.15. The van der Waals surface area contributed by atoms with Crippen molar-refractivity contribution in [3.63, 3.8) is 0 Å². The highest BCUT2D eigenvalue weighted by Gasteiger charge is 2.47. The van der Waals surface area contributed by atoms with E-state index in [2.05, 4.69) is 5.32 Å². The average molecular weight is 276 g/mol. The van der Waals surface area contributed by atoms with Crippen LogP contribution in [0.3, 0.4) is 0 Å². The predicted molar refractivity (Wildman–Crippen MR) is 67.6 cm³/mol. The predicted octanol–water partition coefficient (Wildman–Crippen LogP) is -0.479. The van der Waals surface area contributed by atoms with E-state index in [4.69, 9.17) is 17.0 Å². The molecule has 0 aromatic heterocycles. The number of nitrogens with one attached hydrogen (secondary N) is 1. The number of thiocarbonyl (C=S) groups is 1. The molecule has 3 aliphatic heterocycles. The monoisotopic (exact) mass is 276 g/mol. The fourth-order valence-electron chi connectivity index (χ4n) is 2.89. The second-order valence-electron chi connectivity index (χ2n) is 4.99. The highest BCUT2D eigenvalue weighted by atomic mass is 32.2. The van der Waals surface area contributed by atoms with Gasteiger partial charge in [-0.3, -0.25) is 0 Å². The number of fused-ring (bicyclic) bond motifs is 1. The molecule has 7 heteroatoms. The van der Waals surface area contributed by atoms with E-state index in [1.165, 1.54) is 0 Å². The minimum Gasteiger partial charge on any atom is -0.376 e. The highest BCUT2D eigenvalue weighted by Crippen LogP contribution is 2.26. The topological polar surface area (TPSA) is 58.6 Å². The van der Waals surface area contributed by atoms with Gasteiger partial charge in [0.05, 0.1) is 29.7 Å². The van der Waals surface area contributed by atoms with Gasteiger partial charge in [0.15, 0.2) is 14.9 Å². The summed E-state index contributed by atoms with van der Waals surface area (Å²) < 4.78 is 28.8. The smallest absolute Gasteiger partial charge is 0.169 e. The zero-order chi connectivity index (χ0) is 12.0. The van der Waals surface area contributed by atoms with Gasteiger partial charge in [-0.05, 0) is 25.1 Å². The van der Waals surface area contributed by atoms with E-state index < -0.39 is 9.84 Å². The van der Waals surface area contributed by atoms with Crippen LogP contribution in [0.25, 0.3) is 0 Å². The summed E-state index contributed by atoms with van der Waals surface area (Å²) in [5.41, 5.74) is 0. The summed E-state index contributed by atoms with van der Waals surface area (Å²) in [4.78, 5) is 2.01. The largest absolute Gasteiger partial charge is 0.376 e. The number of hydrogen-bond donors (Lipinski definition) is 1. The first kappa shape index (κ1) is 11.7. The number of rotatable bonds is 2. The normalized spacial score (nSPS) is 39.4. The van der Waals surface area contributed by atoms with E-state index in [1.807, 2.05) is 4.90 Å². The van der Waals surface area contributed by atoms with Crippen molar-refractivity contribution in [3.8, 4) is 0 Å². The van der Waals surface area contributed by atoms with Crippen molar-refractivity contribution in [2.24, 2.45) is 0 Å². The fraction of sp³-hybridized carbons (Fsp3) is 0.900. The second-order valence-corrected chi connectivity index (χ2v) is 7.53. The lowest BCUT2D eigenvalue weighted by Gasteiger charge is -2.25. The molecule has 0 aromatic carbocycles. The number of ether oxygens (including phenoxy) is 1. The van der Waals surface area contributed by atoms with Gasteiger partial charge in [0, 0.05) is 13.2 Å². The van der Waals surface area contributed by atoms with E-state index in [0.717, 1.165) is 26.0 Å². The zero-order valence-corrected chi connectivity index (χ0v) is 11.1. The average Bonchev–Trinajstić information content (AvgIpc) is 2.87. The van der Waals surface area contributed by atoms with Crippen molar-refractivity contribution in [2.75, 3.05) is 24.7 Å². The summed E-state index contributed by atoms with van der Waals surface area (Å²) in [5, 5.41) is 3.80. The van der Waals surface area contributed by atoms with Crippen LogP contribution >= 0.6 is 12.2 Å². The van der Waals surface area contributed by atoms with Gasteiger partial charge < -0.3 is 15.0 Å². The first-order valence-corrected chi connectivity index (χ1v) is 8.17. The van der Waals surface area contributed by atoms with Crippen molar-refractivity contribution < 1.29 is 13.2 Å². The second kappa shape index (κ2) is 4.07. The van der Waals surface area contributed by atoms with Crippen molar-refractivity contribution in [3.05, 3.63) is 0 Å². The van der Waals surface area contributed by atoms with Crippen LogP contribution in [0.2, 0.25) is 0 Å². The van der Waals surface area contributed by atoms with E-state index in [1.54, 1.807) is 0 Å². The quantitative estimate of drug-likeness (QED) is 0.688. The van der Waals surface area contributed by atoms with Crippen molar-refractivity contribution in [1.29, 1.82) is 0 Å². The van der Waals surface area contributed by atoms with E-state index in [-0.39, 0.29) is 29.7 Å². The zero-order valence-electron chi connectivity index (χ0n) is 9.46. The number of sulfone groups is 1. The molecule has 0 aromatic rings. The van der Waals surface area contributed by atoms with Gasteiger partial charge in [-0.25, -0.2) is 8.42 Å². The molecule has 0 amide bonds. The molecular weight excluding hydrogens is 260 g/mol. The molecule has 17 heavy (non-hydrogen) atoms. The Morgan fingerprint density at radius 1 is 1.47 bits per heavy atom. The summed E-state index contributed by atoms with van der Waals surface area (Å²) >= 11 is 5.27. The van der Waals surface area contributed by atoms with Gasteiger partial charge in [0.2, 0.25) is 0 Å². The summed E-state index contributed by atoms with van der Waals surface area (Å²) in [6, 6.07) is -0.00870. The Labute approximate surface area is 106 Å². The summed E-state index contributed by atoms with van der Waals surface area (Å²) in [5.74, 6) is 0.428. The Kier molecular flexibility index (Phi) is 2.79. The van der Waals surface area contributed by atoms with Crippen molar-refractivity contribution >= 4 is 27.2 Å². The molecule has 0 spiro atoms. The van der Waals surface area contributed by atoms with Crippen LogP contribution < -0.4 is 5.32 Å². The molecule has 0 aliphatic carbocycles. The summed E-state index contributed by atoms with van der Waals surface area (Å²) in [6.45, 7) is 1.54. The lowest BCUT2D eigenvalue weighted by Crippen LogP contribution is -2.41. The standard InChI is InChI=1S/C10H16N2O3S2/c13-17(14)5-8-9(6-17)12(10(16)11-8)4-7-2-1-3-15-7/h7-9H,1-6H2,(H,11,16)/t7-,8-,9-/m0/s1. The Hall–Kier alpha value is -0.400. The van der Waals surface area contributed by atoms with Crippen LogP contribution in [0.5, 0.6) is 0 Å². The van der Waals surface area contributed by atoms with E-state index in [0.29, 0.717) is 5.11 Å². The van der Waals surface area contributed by atoms with Crippen LogP contribution in [0, 0.1) is 0 Å². The molecule has 3 atom stereocenters. The molecule has 96 valence electrons. The van der Waals surface area contributed by atoms with Gasteiger partial charge in [0.25, 0.3) is 0 Å². The Bertz CT molecular complexity index is 431. The van der Waals surface area contributed by atoms with E-state index in [9.17, 15) is 8.42 Å². The van der Waals surface area contributed by atoms with Crippen molar-refractivity contribution in [1.82, 2.24) is 10.2 Å². The highest BCUT2D eigenvalue weighted by molar-refractivity contribution is 7.91. The molecule has 3 rings (SSSR count). The van der Waals surface area contributed by atoms with Crippen LogP contribution in [0.1, 0.15) is 12.8 Å². The molecule has 3 aliphatic rings. The lowest BCUT2D eigenvalue weighted by molar-refractivity contribution is 0.0874. The molecule has 3 saturated heterocycles. The molecule has 1 N–H and O–H groups in total. The first-order chi connectivity index (χ1) is 8.05. The Morgan fingerprint density at radius 3 is 3.00 bits per heavy atom. The number of nitrogens with zero attached hydrogens (tertiary/aromatic N) is 1. The molecular formula is C10H16N2O3S2. The molecule has 0 bridgehead atoms. The van der Waals surface area contributed by atoms with Gasteiger partial charge >= 0.3 is 0 Å². The van der Waals surface area contributed by atoms with Crippen LogP contribution in [-0.4, -0.2) is 61.3 Å². The Morgan fingerprint density at radius 2 is 2.29 bits per heavy atom. The van der Waals surface area contributed by atoms with Crippen LogP contribution in [0.4, 0.5) is 0 Å². The Balaban J connectivity index is 1.72. The van der Waals surface area contributed by atoms with Crippen molar-refractivity contribution in [2.45, 2.75) is 31.0 Å². The minimum atomic E-state index is -2.90. The molecule has 0 saturated carbocycles. The molecule has 3 heterocycles. The van der Waals surface area contributed by atoms with E-state index >= 15 is 0 Å². The molecule has 0 radical (unpaired) electrons. The molecule has 0 unspecified atom stereocenters. The summed E-state index contributed by atoms with van der Waals surface area (Å²) in [6.07, 6.45) is 2.34. The third-order valence-corrected chi connectivity index (χ3v) is 5.79. The van der Waals surface area contributed by atoms with Crippen LogP contribution in [-0.2, 0) is 14.6 Å². The molecule has 3 fully saturated rings. The maximum absolute atomic E-state index is 11.6. The lowest BCUT2D eigenvalue weighted by atomic mass is 10.1. The van der Waals surface area contributed by atoms with Gasteiger partial charge in [-0.2, -0.15) is 0 Å². The maximum Gasteiger partial charge on any atom is 0.169 e.